The first kappa shape index (κ1) is 11.1. The van der Waals surface area contributed by atoms with Crippen molar-refractivity contribution in [3.63, 3.8) is 0 Å². The molecular weight excluding hydrogens is 174 g/mol. The van der Waals surface area contributed by atoms with E-state index in [2.05, 4.69) is 16.9 Å². The lowest BCUT2D eigenvalue weighted by Crippen LogP contribution is -2.34. The highest BCUT2D eigenvalue weighted by Gasteiger charge is 2.23. The first-order valence-electron chi connectivity index (χ1n) is 4.99. The van der Waals surface area contributed by atoms with Gasteiger partial charge in [-0.05, 0) is 34.1 Å². The lowest BCUT2D eigenvalue weighted by atomic mass is 9.94. The molecule has 0 aromatic carbocycles. The molecule has 1 aromatic heterocycles. The van der Waals surface area contributed by atoms with Crippen molar-refractivity contribution in [1.29, 1.82) is 0 Å². The van der Waals surface area contributed by atoms with Crippen LogP contribution in [0.15, 0.2) is 0 Å². The molecule has 1 rings (SSSR count). The Morgan fingerprint density at radius 3 is 2.07 bits per heavy atom. The normalized spacial score (nSPS) is 15.3. The molecule has 1 unspecified atom stereocenters. The maximum atomic E-state index is 6.15. The van der Waals surface area contributed by atoms with Gasteiger partial charge >= 0.3 is 0 Å². The van der Waals surface area contributed by atoms with E-state index in [-0.39, 0.29) is 5.54 Å². The third-order valence-electron chi connectivity index (χ3n) is 2.76. The molecule has 0 saturated heterocycles. The number of nitrogens with two attached hydrogens (primary N) is 1. The van der Waals surface area contributed by atoms with Gasteiger partial charge in [-0.15, -0.1) is 0 Å². The fourth-order valence-electron chi connectivity index (χ4n) is 1.42. The van der Waals surface area contributed by atoms with E-state index in [0.29, 0.717) is 0 Å². The lowest BCUT2D eigenvalue weighted by Gasteiger charge is -2.24. The van der Waals surface area contributed by atoms with Gasteiger partial charge in [-0.2, -0.15) is 0 Å². The maximum absolute atomic E-state index is 6.15. The topological polar surface area (TPSA) is 51.8 Å². The van der Waals surface area contributed by atoms with E-state index in [0.717, 1.165) is 29.2 Å². The summed E-state index contributed by atoms with van der Waals surface area (Å²) in [5.74, 6) is 0. The van der Waals surface area contributed by atoms with E-state index in [4.69, 9.17) is 5.73 Å². The summed E-state index contributed by atoms with van der Waals surface area (Å²) < 4.78 is 0. The molecular formula is C11H19N3. The Kier molecular flexibility index (Phi) is 2.90. The van der Waals surface area contributed by atoms with Gasteiger partial charge in [-0.1, -0.05) is 6.92 Å². The Labute approximate surface area is 85.8 Å². The largest absolute Gasteiger partial charge is 0.320 e. The second-order valence-corrected chi connectivity index (χ2v) is 4.10. The average molecular weight is 193 g/mol. The molecule has 0 saturated carbocycles. The summed E-state index contributed by atoms with van der Waals surface area (Å²) in [6.45, 7) is 9.97. The van der Waals surface area contributed by atoms with Gasteiger partial charge in [0.05, 0.1) is 28.3 Å². The number of nitrogens with zero attached hydrogens (tertiary/aromatic N) is 2. The highest BCUT2D eigenvalue weighted by molar-refractivity contribution is 5.23. The predicted molar refractivity (Wildman–Crippen MR) is 58.1 cm³/mol. The Bertz CT molecular complexity index is 343. The van der Waals surface area contributed by atoms with Crippen molar-refractivity contribution in [3.05, 3.63) is 22.8 Å². The second-order valence-electron chi connectivity index (χ2n) is 4.10. The highest BCUT2D eigenvalue weighted by atomic mass is 14.9. The van der Waals surface area contributed by atoms with E-state index in [1.54, 1.807) is 0 Å². The fraction of sp³-hybridized carbons (Fsp3) is 0.636. The minimum Gasteiger partial charge on any atom is -0.320 e. The quantitative estimate of drug-likeness (QED) is 0.781. The standard InChI is InChI=1S/C11H19N3/c1-6-11(5,12)10-9(4)13-7(2)8(3)14-10/h6,12H2,1-5H3. The lowest BCUT2D eigenvalue weighted by molar-refractivity contribution is 0.454. The van der Waals surface area contributed by atoms with Crippen LogP contribution >= 0.6 is 0 Å². The Hall–Kier alpha value is -0.960. The minimum atomic E-state index is -0.366. The van der Waals surface area contributed by atoms with Crippen molar-refractivity contribution >= 4 is 0 Å². The van der Waals surface area contributed by atoms with Crippen LogP contribution in [0.25, 0.3) is 0 Å². The number of aryl methyl sites for hydroxylation is 3. The molecule has 1 atom stereocenters. The molecule has 1 heterocycles. The van der Waals surface area contributed by atoms with Crippen molar-refractivity contribution in [3.8, 4) is 0 Å². The van der Waals surface area contributed by atoms with Crippen molar-refractivity contribution in [2.75, 3.05) is 0 Å². The smallest absolute Gasteiger partial charge is 0.0814 e. The van der Waals surface area contributed by atoms with Crippen LogP contribution in [-0.4, -0.2) is 9.97 Å². The monoisotopic (exact) mass is 193 g/mol. The Morgan fingerprint density at radius 1 is 1.07 bits per heavy atom. The molecule has 3 heteroatoms. The van der Waals surface area contributed by atoms with Crippen LogP contribution < -0.4 is 5.73 Å². The summed E-state index contributed by atoms with van der Waals surface area (Å²) in [5, 5.41) is 0. The molecule has 0 radical (unpaired) electrons. The molecule has 3 nitrogen and oxygen atoms in total. The zero-order valence-corrected chi connectivity index (χ0v) is 9.68. The van der Waals surface area contributed by atoms with Crippen LogP contribution in [0.5, 0.6) is 0 Å². The van der Waals surface area contributed by atoms with Crippen LogP contribution in [0, 0.1) is 20.8 Å². The third kappa shape index (κ3) is 1.93. The first-order chi connectivity index (χ1) is 6.38. The van der Waals surface area contributed by atoms with Crippen LogP contribution in [-0.2, 0) is 5.54 Å². The van der Waals surface area contributed by atoms with Crippen LogP contribution in [0.4, 0.5) is 0 Å². The van der Waals surface area contributed by atoms with Crippen LogP contribution in [0.3, 0.4) is 0 Å². The summed E-state index contributed by atoms with van der Waals surface area (Å²) >= 11 is 0. The maximum Gasteiger partial charge on any atom is 0.0814 e. The number of hydrogen-bond donors (Lipinski definition) is 1. The first-order valence-corrected chi connectivity index (χ1v) is 4.99. The fourth-order valence-corrected chi connectivity index (χ4v) is 1.42. The minimum absolute atomic E-state index is 0.366. The SMILES string of the molecule is CCC(C)(N)c1nc(C)c(C)nc1C. The van der Waals surface area contributed by atoms with E-state index < -0.39 is 0 Å². The molecule has 0 aliphatic rings. The summed E-state index contributed by atoms with van der Waals surface area (Å²) in [4.78, 5) is 8.97. The van der Waals surface area contributed by atoms with E-state index >= 15 is 0 Å². The molecule has 0 spiro atoms. The second kappa shape index (κ2) is 3.65. The highest BCUT2D eigenvalue weighted by Crippen LogP contribution is 2.22. The van der Waals surface area contributed by atoms with E-state index in [1.807, 2.05) is 27.7 Å². The van der Waals surface area contributed by atoms with Gasteiger partial charge in [0.1, 0.15) is 0 Å². The molecule has 0 aliphatic carbocycles. The van der Waals surface area contributed by atoms with Gasteiger partial charge in [0.2, 0.25) is 0 Å². The molecule has 0 aliphatic heterocycles. The van der Waals surface area contributed by atoms with E-state index in [1.165, 1.54) is 0 Å². The van der Waals surface area contributed by atoms with Crippen LogP contribution in [0.1, 0.15) is 43.0 Å². The Balaban J connectivity index is 3.29. The van der Waals surface area contributed by atoms with Crippen molar-refractivity contribution < 1.29 is 0 Å². The van der Waals surface area contributed by atoms with Gasteiger partial charge in [0, 0.05) is 0 Å². The van der Waals surface area contributed by atoms with Crippen molar-refractivity contribution in [2.24, 2.45) is 5.73 Å². The zero-order valence-electron chi connectivity index (χ0n) is 9.68. The number of aromatic nitrogens is 2. The average Bonchev–Trinajstić information content (AvgIpc) is 2.11. The van der Waals surface area contributed by atoms with Crippen molar-refractivity contribution in [2.45, 2.75) is 46.6 Å². The molecule has 2 N–H and O–H groups in total. The molecule has 0 amide bonds. The van der Waals surface area contributed by atoms with Gasteiger partial charge in [0.15, 0.2) is 0 Å². The van der Waals surface area contributed by atoms with Gasteiger partial charge in [0.25, 0.3) is 0 Å². The van der Waals surface area contributed by atoms with Gasteiger partial charge < -0.3 is 5.73 Å². The molecule has 78 valence electrons. The number of hydrogen-bond acceptors (Lipinski definition) is 3. The third-order valence-corrected chi connectivity index (χ3v) is 2.76. The van der Waals surface area contributed by atoms with Crippen LogP contribution in [0.2, 0.25) is 0 Å². The molecule has 0 bridgehead atoms. The Morgan fingerprint density at radius 2 is 1.57 bits per heavy atom. The number of rotatable bonds is 2. The summed E-state index contributed by atoms with van der Waals surface area (Å²) in [6.07, 6.45) is 0.866. The zero-order chi connectivity index (χ0) is 10.9. The summed E-state index contributed by atoms with van der Waals surface area (Å²) in [7, 11) is 0. The molecule has 1 aromatic rings. The summed E-state index contributed by atoms with van der Waals surface area (Å²) in [5.41, 5.74) is 9.61. The summed E-state index contributed by atoms with van der Waals surface area (Å²) in [6, 6.07) is 0. The molecule has 0 fully saturated rings. The van der Waals surface area contributed by atoms with Gasteiger partial charge in [-0.25, -0.2) is 0 Å². The van der Waals surface area contributed by atoms with Crippen molar-refractivity contribution in [1.82, 2.24) is 9.97 Å². The van der Waals surface area contributed by atoms with Gasteiger partial charge in [-0.3, -0.25) is 9.97 Å². The predicted octanol–water partition coefficient (Wildman–Crippen LogP) is 1.99. The molecule has 14 heavy (non-hydrogen) atoms. The van der Waals surface area contributed by atoms with E-state index in [9.17, 15) is 0 Å².